The van der Waals surface area contributed by atoms with Crippen molar-refractivity contribution in [2.45, 2.75) is 32.7 Å². The van der Waals surface area contributed by atoms with E-state index in [4.69, 9.17) is 0 Å². The van der Waals surface area contributed by atoms with Gasteiger partial charge in [-0.1, -0.05) is 26.0 Å². The molecule has 1 heterocycles. The number of benzene rings is 1. The van der Waals surface area contributed by atoms with E-state index < -0.39 is 0 Å². The van der Waals surface area contributed by atoms with E-state index in [1.807, 2.05) is 6.07 Å². The number of hydrogen-bond donors (Lipinski definition) is 1. The largest absolute Gasteiger partial charge is 0.312 e. The summed E-state index contributed by atoms with van der Waals surface area (Å²) in [6, 6.07) is 7.55. The van der Waals surface area contributed by atoms with Gasteiger partial charge in [0.2, 0.25) is 0 Å². The molecule has 1 aromatic carbocycles. The molecule has 2 nitrogen and oxygen atoms in total. The molecule has 0 saturated carbocycles. The van der Waals surface area contributed by atoms with Gasteiger partial charge in [-0.2, -0.15) is 0 Å². The summed E-state index contributed by atoms with van der Waals surface area (Å²) < 4.78 is 13.1. The van der Waals surface area contributed by atoms with Crippen LogP contribution in [0.5, 0.6) is 0 Å². The minimum atomic E-state index is -0.130. The van der Waals surface area contributed by atoms with Crippen molar-refractivity contribution in [2.75, 3.05) is 26.2 Å². The molecule has 0 bridgehead atoms. The van der Waals surface area contributed by atoms with Gasteiger partial charge in [0.25, 0.3) is 0 Å². The fraction of sp³-hybridized carbons (Fsp3) is 0.625. The van der Waals surface area contributed by atoms with E-state index >= 15 is 0 Å². The Hall–Kier alpha value is -0.930. The first-order valence-corrected chi connectivity index (χ1v) is 7.35. The Morgan fingerprint density at radius 2 is 2.26 bits per heavy atom. The zero-order valence-electron chi connectivity index (χ0n) is 12.0. The third-order valence-electron chi connectivity index (χ3n) is 3.92. The van der Waals surface area contributed by atoms with Crippen LogP contribution in [0.4, 0.5) is 4.39 Å². The van der Waals surface area contributed by atoms with Gasteiger partial charge in [-0.25, -0.2) is 4.39 Å². The van der Waals surface area contributed by atoms with Crippen molar-refractivity contribution in [1.82, 2.24) is 10.2 Å². The van der Waals surface area contributed by atoms with Gasteiger partial charge in [-0.3, -0.25) is 0 Å². The molecule has 2 rings (SSSR count). The molecule has 0 aromatic heterocycles. The van der Waals surface area contributed by atoms with Crippen LogP contribution in [0.1, 0.15) is 25.8 Å². The van der Waals surface area contributed by atoms with E-state index in [0.29, 0.717) is 12.0 Å². The Labute approximate surface area is 116 Å². The molecule has 1 aliphatic rings. The van der Waals surface area contributed by atoms with Crippen LogP contribution in [0.3, 0.4) is 0 Å². The minimum Gasteiger partial charge on any atom is -0.312 e. The highest BCUT2D eigenvalue weighted by molar-refractivity contribution is 5.16. The van der Waals surface area contributed by atoms with Gasteiger partial charge in [-0.15, -0.1) is 0 Å². The number of hydrogen-bond acceptors (Lipinski definition) is 2. The summed E-state index contributed by atoms with van der Waals surface area (Å²) in [6.45, 7) is 8.92. The predicted molar refractivity (Wildman–Crippen MR) is 77.8 cm³/mol. The van der Waals surface area contributed by atoms with Crippen LogP contribution >= 0.6 is 0 Å². The van der Waals surface area contributed by atoms with Gasteiger partial charge in [0.1, 0.15) is 5.82 Å². The normalized spacial score (nSPS) is 21.6. The third kappa shape index (κ3) is 4.59. The predicted octanol–water partition coefficient (Wildman–Crippen LogP) is 2.69. The van der Waals surface area contributed by atoms with Gasteiger partial charge >= 0.3 is 0 Å². The maximum atomic E-state index is 13.1. The summed E-state index contributed by atoms with van der Waals surface area (Å²) in [5.41, 5.74) is 1.10. The molecule has 0 aliphatic carbocycles. The van der Waals surface area contributed by atoms with E-state index in [2.05, 4.69) is 24.1 Å². The lowest BCUT2D eigenvalue weighted by Crippen LogP contribution is -2.41. The minimum absolute atomic E-state index is 0.130. The summed E-state index contributed by atoms with van der Waals surface area (Å²) in [4.78, 5) is 2.51. The van der Waals surface area contributed by atoms with E-state index in [1.165, 1.54) is 12.5 Å². The molecule has 0 spiro atoms. The quantitative estimate of drug-likeness (QED) is 0.899. The van der Waals surface area contributed by atoms with Crippen molar-refractivity contribution in [3.05, 3.63) is 35.6 Å². The fourth-order valence-corrected chi connectivity index (χ4v) is 2.65. The summed E-state index contributed by atoms with van der Waals surface area (Å²) in [6.07, 6.45) is 2.13. The Bertz CT molecular complexity index is 392. The number of nitrogens with one attached hydrogen (secondary N) is 1. The molecule has 19 heavy (non-hydrogen) atoms. The van der Waals surface area contributed by atoms with Crippen LogP contribution in [-0.4, -0.2) is 37.1 Å². The summed E-state index contributed by atoms with van der Waals surface area (Å²) in [5, 5.41) is 3.62. The second kappa shape index (κ2) is 7.01. The zero-order chi connectivity index (χ0) is 13.7. The Kier molecular flexibility index (Phi) is 5.34. The molecule has 0 amide bonds. The lowest BCUT2D eigenvalue weighted by Gasteiger charge is -2.26. The van der Waals surface area contributed by atoms with Crippen LogP contribution in [0.2, 0.25) is 0 Å². The fourth-order valence-electron chi connectivity index (χ4n) is 2.65. The van der Waals surface area contributed by atoms with Gasteiger partial charge < -0.3 is 10.2 Å². The maximum absolute atomic E-state index is 13.1. The first kappa shape index (κ1) is 14.5. The Balaban J connectivity index is 1.87. The molecule has 1 unspecified atom stereocenters. The number of rotatable bonds is 4. The molecule has 1 aliphatic heterocycles. The second-order valence-electron chi connectivity index (χ2n) is 5.84. The smallest absolute Gasteiger partial charge is 0.123 e. The van der Waals surface area contributed by atoms with Crippen LogP contribution in [0, 0.1) is 11.7 Å². The van der Waals surface area contributed by atoms with Crippen LogP contribution in [0.15, 0.2) is 24.3 Å². The summed E-state index contributed by atoms with van der Waals surface area (Å²) in [7, 11) is 0. The van der Waals surface area contributed by atoms with Crippen molar-refractivity contribution in [3.8, 4) is 0 Å². The highest BCUT2D eigenvalue weighted by atomic mass is 19.1. The maximum Gasteiger partial charge on any atom is 0.123 e. The molecule has 3 heteroatoms. The Morgan fingerprint density at radius 3 is 3.00 bits per heavy atom. The van der Waals surface area contributed by atoms with Crippen molar-refractivity contribution in [1.29, 1.82) is 0 Å². The molecule has 1 saturated heterocycles. The van der Waals surface area contributed by atoms with E-state index in [9.17, 15) is 4.39 Å². The first-order chi connectivity index (χ1) is 9.15. The molecule has 1 atom stereocenters. The molecule has 106 valence electrons. The van der Waals surface area contributed by atoms with Gasteiger partial charge in [0, 0.05) is 19.1 Å². The van der Waals surface area contributed by atoms with Crippen LogP contribution < -0.4 is 5.32 Å². The van der Waals surface area contributed by atoms with E-state index in [0.717, 1.165) is 38.2 Å². The van der Waals surface area contributed by atoms with E-state index in [1.54, 1.807) is 12.1 Å². The molecule has 1 N–H and O–H groups in total. The van der Waals surface area contributed by atoms with Gasteiger partial charge in [-0.05, 0) is 49.5 Å². The van der Waals surface area contributed by atoms with Crippen molar-refractivity contribution >= 4 is 0 Å². The zero-order valence-corrected chi connectivity index (χ0v) is 12.0. The first-order valence-electron chi connectivity index (χ1n) is 7.35. The molecule has 1 fully saturated rings. The standard InChI is InChI=1S/C16H25FN2/c1-13(2)16-12-19(9-4-8-18-16)10-7-14-5-3-6-15(17)11-14/h3,5-6,11,13,16,18H,4,7-10,12H2,1-2H3. The second-order valence-corrected chi connectivity index (χ2v) is 5.84. The SMILES string of the molecule is CC(C)C1CN(CCc2cccc(F)c2)CCCN1. The number of halogens is 1. The lowest BCUT2D eigenvalue weighted by atomic mass is 10.0. The topological polar surface area (TPSA) is 15.3 Å². The summed E-state index contributed by atoms with van der Waals surface area (Å²) in [5.74, 6) is 0.532. The third-order valence-corrected chi connectivity index (χ3v) is 3.92. The highest BCUT2D eigenvalue weighted by Crippen LogP contribution is 2.10. The van der Waals surface area contributed by atoms with Crippen molar-refractivity contribution in [2.24, 2.45) is 5.92 Å². The van der Waals surface area contributed by atoms with Crippen LogP contribution in [0.25, 0.3) is 0 Å². The number of nitrogens with zero attached hydrogens (tertiary/aromatic N) is 1. The molecular formula is C16H25FN2. The highest BCUT2D eigenvalue weighted by Gasteiger charge is 2.19. The van der Waals surface area contributed by atoms with Crippen molar-refractivity contribution in [3.63, 3.8) is 0 Å². The summed E-state index contributed by atoms with van der Waals surface area (Å²) >= 11 is 0. The van der Waals surface area contributed by atoms with Crippen molar-refractivity contribution < 1.29 is 4.39 Å². The van der Waals surface area contributed by atoms with Crippen LogP contribution in [-0.2, 0) is 6.42 Å². The Morgan fingerprint density at radius 1 is 1.42 bits per heavy atom. The molecular weight excluding hydrogens is 239 g/mol. The lowest BCUT2D eigenvalue weighted by molar-refractivity contribution is 0.248. The average Bonchev–Trinajstić information content (AvgIpc) is 2.62. The van der Waals surface area contributed by atoms with Gasteiger partial charge in [0.05, 0.1) is 0 Å². The average molecular weight is 264 g/mol. The molecule has 1 aromatic rings. The molecule has 0 radical (unpaired) electrons. The van der Waals surface area contributed by atoms with Gasteiger partial charge in [0.15, 0.2) is 0 Å². The van der Waals surface area contributed by atoms with E-state index in [-0.39, 0.29) is 5.82 Å². The monoisotopic (exact) mass is 264 g/mol.